The van der Waals surface area contributed by atoms with Gasteiger partial charge in [0.25, 0.3) is 0 Å². The molecule has 0 aliphatic carbocycles. The topological polar surface area (TPSA) is 78.9 Å². The number of allylic oxidation sites excluding steroid dienone is 4. The summed E-state index contributed by atoms with van der Waals surface area (Å²) >= 11 is 0. The highest BCUT2D eigenvalue weighted by atomic mass is 16.6. The van der Waals surface area contributed by atoms with Gasteiger partial charge in [-0.3, -0.25) is 14.4 Å². The van der Waals surface area contributed by atoms with Gasteiger partial charge >= 0.3 is 17.9 Å². The summed E-state index contributed by atoms with van der Waals surface area (Å²) in [5.74, 6) is -0.876. The van der Waals surface area contributed by atoms with Crippen molar-refractivity contribution in [3.8, 4) is 0 Å². The molecule has 382 valence electrons. The third kappa shape index (κ3) is 52.7. The average Bonchev–Trinajstić information content (AvgIpc) is 3.30. The fourth-order valence-electron chi connectivity index (χ4n) is 8.56. The first-order chi connectivity index (χ1) is 32.0. The molecule has 0 N–H and O–H groups in total. The van der Waals surface area contributed by atoms with Crippen molar-refractivity contribution in [1.82, 2.24) is 0 Å². The van der Waals surface area contributed by atoms with Crippen LogP contribution in [-0.4, -0.2) is 37.2 Å². The average molecular weight is 916 g/mol. The fraction of sp³-hybridized carbons (Fsp3) is 0.881. The number of rotatable bonds is 53. The molecule has 0 heterocycles. The molecule has 0 rings (SSSR count). The van der Waals surface area contributed by atoms with Crippen molar-refractivity contribution in [2.24, 2.45) is 0 Å². The first-order valence-electron chi connectivity index (χ1n) is 28.8. The van der Waals surface area contributed by atoms with Crippen molar-refractivity contribution in [3.05, 3.63) is 24.3 Å². The maximum Gasteiger partial charge on any atom is 0.306 e. The van der Waals surface area contributed by atoms with Crippen molar-refractivity contribution in [2.75, 3.05) is 13.2 Å². The lowest BCUT2D eigenvalue weighted by atomic mass is 10.0. The Morgan fingerprint density at radius 3 is 0.831 bits per heavy atom. The summed E-state index contributed by atoms with van der Waals surface area (Å²) in [7, 11) is 0. The van der Waals surface area contributed by atoms with Crippen LogP contribution in [0.5, 0.6) is 0 Å². The van der Waals surface area contributed by atoms with Crippen LogP contribution in [0.25, 0.3) is 0 Å². The lowest BCUT2D eigenvalue weighted by molar-refractivity contribution is -0.167. The maximum atomic E-state index is 12.8. The molecule has 0 fully saturated rings. The first kappa shape index (κ1) is 62.9. The second-order valence-electron chi connectivity index (χ2n) is 19.6. The second-order valence-corrected chi connectivity index (χ2v) is 19.6. The van der Waals surface area contributed by atoms with Crippen LogP contribution in [0.3, 0.4) is 0 Å². The molecule has 0 aliphatic rings. The summed E-state index contributed by atoms with van der Waals surface area (Å²) in [5, 5.41) is 0. The molecule has 65 heavy (non-hydrogen) atoms. The SMILES string of the molecule is CCC/C=C\CCCCCCCC(=O)OCC(COC(=O)CCCCCCCCCCCCCCCCCCCCCCCCC)OC(=O)CCCCCCC/C=C\CCCCCCC. The van der Waals surface area contributed by atoms with Crippen LogP contribution in [0.4, 0.5) is 0 Å². The van der Waals surface area contributed by atoms with Crippen molar-refractivity contribution in [1.29, 1.82) is 0 Å². The highest BCUT2D eigenvalue weighted by molar-refractivity contribution is 5.71. The Morgan fingerprint density at radius 2 is 0.538 bits per heavy atom. The van der Waals surface area contributed by atoms with Crippen LogP contribution < -0.4 is 0 Å². The molecule has 0 spiro atoms. The van der Waals surface area contributed by atoms with Crippen molar-refractivity contribution in [2.45, 2.75) is 322 Å². The van der Waals surface area contributed by atoms with Gasteiger partial charge in [-0.15, -0.1) is 0 Å². The predicted octanol–water partition coefficient (Wildman–Crippen LogP) is 19.1. The van der Waals surface area contributed by atoms with E-state index in [-0.39, 0.29) is 31.1 Å². The standard InChI is InChI=1S/C59H110O6/c1-4-7-10-13-16-19-22-24-26-27-28-29-30-31-32-33-34-36-37-40-43-46-49-52-58(61)64-55-56(54-63-57(60)51-48-45-42-39-21-18-15-12-9-6-3)65-59(62)53-50-47-44-41-38-35-25-23-20-17-14-11-8-5-2/h12,15,23,25,56H,4-11,13-14,16-22,24,26-55H2,1-3H3/b15-12-,25-23-. The summed E-state index contributed by atoms with van der Waals surface area (Å²) < 4.78 is 16.8. The van der Waals surface area contributed by atoms with Crippen molar-refractivity contribution in [3.63, 3.8) is 0 Å². The molecule has 0 aromatic heterocycles. The van der Waals surface area contributed by atoms with Gasteiger partial charge in [-0.05, 0) is 64.2 Å². The van der Waals surface area contributed by atoms with E-state index in [2.05, 4.69) is 45.1 Å². The van der Waals surface area contributed by atoms with E-state index >= 15 is 0 Å². The number of esters is 3. The summed E-state index contributed by atoms with van der Waals surface area (Å²) in [6.45, 7) is 6.60. The van der Waals surface area contributed by atoms with E-state index in [0.717, 1.165) is 77.0 Å². The maximum absolute atomic E-state index is 12.8. The van der Waals surface area contributed by atoms with E-state index in [0.29, 0.717) is 19.3 Å². The van der Waals surface area contributed by atoms with Crippen LogP contribution in [0, 0.1) is 0 Å². The minimum atomic E-state index is -0.774. The Hall–Kier alpha value is -2.11. The quantitative estimate of drug-likeness (QED) is 0.0262. The van der Waals surface area contributed by atoms with E-state index in [1.54, 1.807) is 0 Å². The second kappa shape index (κ2) is 54.5. The number of unbranched alkanes of at least 4 members (excludes halogenated alkanes) is 38. The van der Waals surface area contributed by atoms with Crippen LogP contribution in [0.2, 0.25) is 0 Å². The normalized spacial score (nSPS) is 12.1. The summed E-state index contributed by atoms with van der Waals surface area (Å²) in [6, 6.07) is 0. The van der Waals surface area contributed by atoms with E-state index in [4.69, 9.17) is 14.2 Å². The van der Waals surface area contributed by atoms with Gasteiger partial charge < -0.3 is 14.2 Å². The molecule has 6 heteroatoms. The third-order valence-corrected chi connectivity index (χ3v) is 12.9. The van der Waals surface area contributed by atoms with Crippen LogP contribution >= 0.6 is 0 Å². The first-order valence-corrected chi connectivity index (χ1v) is 28.8. The molecule has 0 aromatic carbocycles. The number of carbonyl (C=O) groups excluding carboxylic acids is 3. The van der Waals surface area contributed by atoms with Crippen molar-refractivity contribution >= 4 is 17.9 Å². The molecule has 0 aliphatic heterocycles. The molecular formula is C59H110O6. The minimum Gasteiger partial charge on any atom is -0.462 e. The monoisotopic (exact) mass is 915 g/mol. The predicted molar refractivity (Wildman–Crippen MR) is 279 cm³/mol. The lowest BCUT2D eigenvalue weighted by Crippen LogP contribution is -2.30. The molecule has 0 saturated carbocycles. The number of hydrogen-bond donors (Lipinski definition) is 0. The van der Waals surface area contributed by atoms with Crippen molar-refractivity contribution < 1.29 is 28.6 Å². The molecule has 0 saturated heterocycles. The largest absolute Gasteiger partial charge is 0.462 e. The number of carbonyl (C=O) groups is 3. The Bertz CT molecular complexity index is 1050. The van der Waals surface area contributed by atoms with Crippen LogP contribution in [0.1, 0.15) is 316 Å². The van der Waals surface area contributed by atoms with Gasteiger partial charge in [0.05, 0.1) is 0 Å². The van der Waals surface area contributed by atoms with Crippen LogP contribution in [0.15, 0.2) is 24.3 Å². The lowest BCUT2D eigenvalue weighted by Gasteiger charge is -2.18. The molecule has 6 nitrogen and oxygen atoms in total. The Morgan fingerprint density at radius 1 is 0.292 bits per heavy atom. The van der Waals surface area contributed by atoms with Gasteiger partial charge in [-0.1, -0.05) is 257 Å². The molecule has 0 aromatic rings. The van der Waals surface area contributed by atoms with E-state index in [1.165, 1.54) is 199 Å². The Labute approximate surface area is 404 Å². The molecule has 0 radical (unpaired) electrons. The van der Waals surface area contributed by atoms with E-state index in [9.17, 15) is 14.4 Å². The van der Waals surface area contributed by atoms with Gasteiger partial charge in [0.1, 0.15) is 13.2 Å². The summed E-state index contributed by atoms with van der Waals surface area (Å²) in [4.78, 5) is 38.0. The van der Waals surface area contributed by atoms with Gasteiger partial charge in [0, 0.05) is 19.3 Å². The fourth-order valence-corrected chi connectivity index (χ4v) is 8.56. The summed E-state index contributed by atoms with van der Waals surface area (Å²) in [5.41, 5.74) is 0. The molecule has 1 unspecified atom stereocenters. The zero-order valence-corrected chi connectivity index (χ0v) is 43.8. The summed E-state index contributed by atoms with van der Waals surface area (Å²) in [6.07, 6.45) is 63.3. The molecule has 0 amide bonds. The smallest absolute Gasteiger partial charge is 0.306 e. The zero-order valence-electron chi connectivity index (χ0n) is 43.8. The molecule has 0 bridgehead atoms. The Balaban J connectivity index is 4.19. The van der Waals surface area contributed by atoms with Crippen LogP contribution in [-0.2, 0) is 28.6 Å². The highest BCUT2D eigenvalue weighted by Gasteiger charge is 2.19. The third-order valence-electron chi connectivity index (χ3n) is 12.9. The molecule has 1 atom stereocenters. The van der Waals surface area contributed by atoms with Gasteiger partial charge in [-0.2, -0.15) is 0 Å². The van der Waals surface area contributed by atoms with E-state index < -0.39 is 6.10 Å². The van der Waals surface area contributed by atoms with Gasteiger partial charge in [-0.25, -0.2) is 0 Å². The van der Waals surface area contributed by atoms with Gasteiger partial charge in [0.15, 0.2) is 6.10 Å². The van der Waals surface area contributed by atoms with E-state index in [1.807, 2.05) is 0 Å². The zero-order chi connectivity index (χ0) is 47.2. The Kier molecular flexibility index (Phi) is 52.7. The number of hydrogen-bond acceptors (Lipinski definition) is 6. The molecular weight excluding hydrogens is 805 g/mol. The van der Waals surface area contributed by atoms with Gasteiger partial charge in [0.2, 0.25) is 0 Å². The minimum absolute atomic E-state index is 0.0732. The number of ether oxygens (including phenoxy) is 3. The highest BCUT2D eigenvalue weighted by Crippen LogP contribution is 2.17.